The molecule has 0 fully saturated rings. The van der Waals surface area contributed by atoms with E-state index in [4.69, 9.17) is 11.6 Å². The fraction of sp³-hybridized carbons (Fsp3) is 0.625. The molecular weight excluding hydrogens is 228 g/mol. The van der Waals surface area contributed by atoms with Gasteiger partial charge >= 0.3 is 0 Å². The number of alkyl halides is 1. The lowest BCUT2D eigenvalue weighted by Crippen LogP contribution is -1.99. The molecule has 1 aliphatic carbocycles. The van der Waals surface area contributed by atoms with Crippen LogP contribution < -0.4 is 0 Å². The van der Waals surface area contributed by atoms with Gasteiger partial charge in [-0.2, -0.15) is 0 Å². The summed E-state index contributed by atoms with van der Waals surface area (Å²) in [6.45, 7) is 6.86. The van der Waals surface area contributed by atoms with E-state index in [1.165, 1.54) is 29.5 Å². The largest absolute Gasteiger partial charge is 0.118 e. The Balaban J connectivity index is 2.27. The Morgan fingerprint density at radius 1 is 1.35 bits per heavy atom. The molecule has 1 aliphatic rings. The highest BCUT2D eigenvalue weighted by molar-refractivity contribution is 6.20. The molecule has 0 saturated carbocycles. The summed E-state index contributed by atoms with van der Waals surface area (Å²) in [6.07, 6.45) is 4.76. The second kappa shape index (κ2) is 5.44. The maximum atomic E-state index is 6.56. The van der Waals surface area contributed by atoms with Crippen molar-refractivity contribution in [3.63, 3.8) is 0 Å². The van der Waals surface area contributed by atoms with Gasteiger partial charge in [0.15, 0.2) is 0 Å². The SMILES string of the molecule is CC(C)Cc1ccc2c(c1)C(Cl)CC(C)CC2. The topological polar surface area (TPSA) is 0 Å². The van der Waals surface area contributed by atoms with Gasteiger partial charge in [-0.25, -0.2) is 0 Å². The van der Waals surface area contributed by atoms with Crippen LogP contribution in [0, 0.1) is 11.8 Å². The number of hydrogen-bond donors (Lipinski definition) is 0. The maximum absolute atomic E-state index is 6.56. The fourth-order valence-electron chi connectivity index (χ4n) is 2.76. The maximum Gasteiger partial charge on any atom is 0.0590 e. The molecule has 0 bridgehead atoms. The van der Waals surface area contributed by atoms with Gasteiger partial charge in [-0.15, -0.1) is 11.6 Å². The van der Waals surface area contributed by atoms with Crippen LogP contribution in [0.2, 0.25) is 0 Å². The standard InChI is InChI=1S/C16H23Cl/c1-11(2)8-13-5-7-14-6-4-12(3)9-16(17)15(14)10-13/h5,7,10-12,16H,4,6,8-9H2,1-3H3. The predicted octanol–water partition coefficient (Wildman–Crippen LogP) is 5.14. The quantitative estimate of drug-likeness (QED) is 0.504. The average Bonchev–Trinajstić information content (AvgIpc) is 2.38. The third-order valence-corrected chi connectivity index (χ3v) is 4.12. The van der Waals surface area contributed by atoms with Crippen molar-refractivity contribution in [2.45, 2.75) is 51.8 Å². The molecule has 17 heavy (non-hydrogen) atoms. The zero-order valence-electron chi connectivity index (χ0n) is 11.2. The van der Waals surface area contributed by atoms with Gasteiger partial charge in [0.25, 0.3) is 0 Å². The highest BCUT2D eigenvalue weighted by Crippen LogP contribution is 2.36. The van der Waals surface area contributed by atoms with Crippen LogP contribution in [0.25, 0.3) is 0 Å². The summed E-state index contributed by atoms with van der Waals surface area (Å²) in [6, 6.07) is 6.95. The van der Waals surface area contributed by atoms with Crippen LogP contribution in [0.5, 0.6) is 0 Å². The van der Waals surface area contributed by atoms with Crippen LogP contribution in [-0.4, -0.2) is 0 Å². The van der Waals surface area contributed by atoms with E-state index in [0.29, 0.717) is 5.92 Å². The van der Waals surface area contributed by atoms with Gasteiger partial charge < -0.3 is 0 Å². The predicted molar refractivity (Wildman–Crippen MR) is 75.7 cm³/mol. The molecule has 0 N–H and O–H groups in total. The van der Waals surface area contributed by atoms with Crippen molar-refractivity contribution in [1.29, 1.82) is 0 Å². The van der Waals surface area contributed by atoms with E-state index in [1.54, 1.807) is 0 Å². The van der Waals surface area contributed by atoms with Crippen molar-refractivity contribution in [1.82, 2.24) is 0 Å². The highest BCUT2D eigenvalue weighted by atomic mass is 35.5. The molecular formula is C16H23Cl. The Morgan fingerprint density at radius 3 is 2.82 bits per heavy atom. The Morgan fingerprint density at radius 2 is 2.12 bits per heavy atom. The molecule has 0 nitrogen and oxygen atoms in total. The van der Waals surface area contributed by atoms with E-state index >= 15 is 0 Å². The van der Waals surface area contributed by atoms with Crippen LogP contribution >= 0.6 is 11.6 Å². The molecule has 0 spiro atoms. The molecule has 2 unspecified atom stereocenters. The number of aryl methyl sites for hydroxylation is 1. The van der Waals surface area contributed by atoms with Crippen LogP contribution in [-0.2, 0) is 12.8 Å². The van der Waals surface area contributed by atoms with Gasteiger partial charge in [-0.3, -0.25) is 0 Å². The number of fused-ring (bicyclic) bond motifs is 1. The van der Waals surface area contributed by atoms with E-state index in [2.05, 4.69) is 39.0 Å². The zero-order chi connectivity index (χ0) is 12.4. The van der Waals surface area contributed by atoms with Crippen molar-refractivity contribution in [2.75, 3.05) is 0 Å². The molecule has 1 heteroatoms. The fourth-order valence-corrected chi connectivity index (χ4v) is 3.27. The Hall–Kier alpha value is -0.490. The molecule has 0 aromatic heterocycles. The minimum atomic E-state index is 0.217. The van der Waals surface area contributed by atoms with Crippen molar-refractivity contribution >= 4 is 11.6 Å². The third kappa shape index (κ3) is 3.25. The Bertz CT molecular complexity index is 381. The second-order valence-electron chi connectivity index (χ2n) is 5.98. The van der Waals surface area contributed by atoms with E-state index in [0.717, 1.165) is 18.8 Å². The van der Waals surface area contributed by atoms with Gasteiger partial charge in [-0.1, -0.05) is 39.0 Å². The van der Waals surface area contributed by atoms with Crippen LogP contribution in [0.15, 0.2) is 18.2 Å². The van der Waals surface area contributed by atoms with E-state index < -0.39 is 0 Å². The van der Waals surface area contributed by atoms with Crippen LogP contribution in [0.1, 0.15) is 55.7 Å². The zero-order valence-corrected chi connectivity index (χ0v) is 11.9. The first-order valence-electron chi connectivity index (χ1n) is 6.82. The van der Waals surface area contributed by atoms with E-state index in [1.807, 2.05) is 0 Å². The molecule has 0 aliphatic heterocycles. The van der Waals surface area contributed by atoms with Gasteiger partial charge in [0.2, 0.25) is 0 Å². The number of benzene rings is 1. The molecule has 2 rings (SSSR count). The summed E-state index contributed by atoms with van der Waals surface area (Å²) in [5.41, 5.74) is 4.31. The first kappa shape index (κ1) is 13.0. The molecule has 2 atom stereocenters. The first-order valence-corrected chi connectivity index (χ1v) is 7.25. The van der Waals surface area contributed by atoms with E-state index in [-0.39, 0.29) is 5.38 Å². The summed E-state index contributed by atoms with van der Waals surface area (Å²) in [7, 11) is 0. The second-order valence-corrected chi connectivity index (χ2v) is 6.51. The monoisotopic (exact) mass is 250 g/mol. The summed E-state index contributed by atoms with van der Waals surface area (Å²) in [4.78, 5) is 0. The molecule has 1 aromatic rings. The summed E-state index contributed by atoms with van der Waals surface area (Å²) >= 11 is 6.56. The van der Waals surface area contributed by atoms with Gasteiger partial charge in [0.1, 0.15) is 0 Å². The first-order chi connectivity index (χ1) is 8.06. The van der Waals surface area contributed by atoms with E-state index in [9.17, 15) is 0 Å². The summed E-state index contributed by atoms with van der Waals surface area (Å²) in [5.74, 6) is 1.46. The van der Waals surface area contributed by atoms with Gasteiger partial charge in [0.05, 0.1) is 5.38 Å². The van der Waals surface area contributed by atoms with Gasteiger partial charge in [0, 0.05) is 0 Å². The smallest absolute Gasteiger partial charge is 0.0590 e. The number of halogens is 1. The van der Waals surface area contributed by atoms with Crippen molar-refractivity contribution in [3.8, 4) is 0 Å². The van der Waals surface area contributed by atoms with Crippen molar-refractivity contribution < 1.29 is 0 Å². The average molecular weight is 251 g/mol. The molecule has 1 aromatic carbocycles. The molecule has 0 amide bonds. The van der Waals surface area contributed by atoms with Gasteiger partial charge in [-0.05, 0) is 54.2 Å². The van der Waals surface area contributed by atoms with Crippen LogP contribution in [0.4, 0.5) is 0 Å². The lowest BCUT2D eigenvalue weighted by atomic mass is 9.95. The molecule has 0 heterocycles. The van der Waals surface area contributed by atoms with Crippen LogP contribution in [0.3, 0.4) is 0 Å². The van der Waals surface area contributed by atoms with Crippen molar-refractivity contribution in [2.24, 2.45) is 11.8 Å². The molecule has 94 valence electrons. The lowest BCUT2D eigenvalue weighted by molar-refractivity contribution is 0.503. The summed E-state index contributed by atoms with van der Waals surface area (Å²) in [5, 5.41) is 0.217. The lowest BCUT2D eigenvalue weighted by Gasteiger charge is -2.14. The highest BCUT2D eigenvalue weighted by Gasteiger charge is 2.20. The minimum Gasteiger partial charge on any atom is -0.118 e. The Labute approximate surface area is 110 Å². The normalized spacial score (nSPS) is 24.5. The Kier molecular flexibility index (Phi) is 4.14. The number of rotatable bonds is 2. The number of hydrogen-bond acceptors (Lipinski definition) is 0. The molecule has 0 saturated heterocycles. The minimum absolute atomic E-state index is 0.217. The summed E-state index contributed by atoms with van der Waals surface area (Å²) < 4.78 is 0. The molecule has 0 radical (unpaired) electrons. The van der Waals surface area contributed by atoms with Crippen molar-refractivity contribution in [3.05, 3.63) is 34.9 Å². The third-order valence-electron chi connectivity index (χ3n) is 3.71.